The highest BCUT2D eigenvalue weighted by Gasteiger charge is 2.54. The molecular formula is C23H30N2O4. The van der Waals surface area contributed by atoms with E-state index in [2.05, 4.69) is 10.6 Å². The summed E-state index contributed by atoms with van der Waals surface area (Å²) in [7, 11) is 0. The Balaban J connectivity index is 1.16. The van der Waals surface area contributed by atoms with Gasteiger partial charge in [-0.1, -0.05) is 6.07 Å². The Bertz CT molecular complexity index is 786. The van der Waals surface area contributed by atoms with Gasteiger partial charge in [-0.2, -0.15) is 0 Å². The molecule has 1 heterocycles. The van der Waals surface area contributed by atoms with Crippen molar-refractivity contribution in [2.24, 2.45) is 23.2 Å². The quantitative estimate of drug-likeness (QED) is 0.800. The first kappa shape index (κ1) is 18.8. The molecule has 1 atom stereocenters. The third-order valence-electron chi connectivity index (χ3n) is 7.37. The third-order valence-corrected chi connectivity index (χ3v) is 7.37. The van der Waals surface area contributed by atoms with Crippen LogP contribution < -0.4 is 20.1 Å². The lowest BCUT2D eigenvalue weighted by Crippen LogP contribution is -2.54. The number of hydrogen-bond acceptors (Lipinski definition) is 4. The van der Waals surface area contributed by atoms with Crippen LogP contribution in [0.4, 0.5) is 0 Å². The van der Waals surface area contributed by atoms with E-state index in [-0.39, 0.29) is 29.8 Å². The first-order valence-electron chi connectivity index (χ1n) is 11.0. The second-order valence-corrected chi connectivity index (χ2v) is 9.57. The lowest BCUT2D eigenvalue weighted by atomic mass is 9.49. The van der Waals surface area contributed by atoms with Crippen LogP contribution in [0.25, 0.3) is 0 Å². The van der Waals surface area contributed by atoms with E-state index >= 15 is 0 Å². The van der Waals surface area contributed by atoms with E-state index < -0.39 is 0 Å². The zero-order valence-corrected chi connectivity index (χ0v) is 17.0. The summed E-state index contributed by atoms with van der Waals surface area (Å²) in [6.07, 6.45) is 6.96. The third kappa shape index (κ3) is 3.58. The summed E-state index contributed by atoms with van der Waals surface area (Å²) in [6.45, 7) is 3.06. The molecule has 6 rings (SSSR count). The maximum absolute atomic E-state index is 13.0. The van der Waals surface area contributed by atoms with Gasteiger partial charge in [-0.25, -0.2) is 0 Å². The SMILES string of the molecule is CC(NC(=O)CNC(=O)C12CC3CC(CC(C3)C1)C2)c1ccc2c(c1)OCCO2. The summed E-state index contributed by atoms with van der Waals surface area (Å²) >= 11 is 0. The average Bonchev–Trinajstić information content (AvgIpc) is 2.70. The molecular weight excluding hydrogens is 368 g/mol. The van der Waals surface area contributed by atoms with Crippen LogP contribution in [-0.4, -0.2) is 31.6 Å². The molecule has 6 nitrogen and oxygen atoms in total. The minimum absolute atomic E-state index is 0.0372. The summed E-state index contributed by atoms with van der Waals surface area (Å²) in [5, 5.41) is 5.93. The van der Waals surface area contributed by atoms with Gasteiger partial charge in [0, 0.05) is 5.41 Å². The van der Waals surface area contributed by atoms with E-state index in [1.807, 2.05) is 25.1 Å². The van der Waals surface area contributed by atoms with Gasteiger partial charge in [0.1, 0.15) is 13.2 Å². The Morgan fingerprint density at radius 2 is 1.66 bits per heavy atom. The van der Waals surface area contributed by atoms with Gasteiger partial charge in [0.15, 0.2) is 11.5 Å². The number of hydrogen-bond donors (Lipinski definition) is 2. The van der Waals surface area contributed by atoms with Crippen molar-refractivity contribution < 1.29 is 19.1 Å². The topological polar surface area (TPSA) is 76.7 Å². The molecule has 29 heavy (non-hydrogen) atoms. The van der Waals surface area contributed by atoms with E-state index in [9.17, 15) is 9.59 Å². The van der Waals surface area contributed by atoms with Gasteiger partial charge in [0.05, 0.1) is 12.6 Å². The molecule has 156 valence electrons. The molecule has 4 saturated carbocycles. The molecule has 2 amide bonds. The van der Waals surface area contributed by atoms with Gasteiger partial charge in [-0.05, 0) is 80.9 Å². The van der Waals surface area contributed by atoms with Gasteiger partial charge in [-0.15, -0.1) is 0 Å². The molecule has 0 aromatic heterocycles. The largest absolute Gasteiger partial charge is 0.486 e. The number of benzene rings is 1. The predicted molar refractivity (Wildman–Crippen MR) is 108 cm³/mol. The Labute approximate surface area is 171 Å². The van der Waals surface area contributed by atoms with Gasteiger partial charge < -0.3 is 20.1 Å². The van der Waals surface area contributed by atoms with Crippen LogP contribution in [-0.2, 0) is 9.59 Å². The summed E-state index contributed by atoms with van der Waals surface area (Å²) in [6, 6.07) is 5.55. The number of ether oxygens (including phenoxy) is 2. The van der Waals surface area contributed by atoms with E-state index in [1.54, 1.807) is 0 Å². The van der Waals surface area contributed by atoms with Crippen LogP contribution in [0.2, 0.25) is 0 Å². The van der Waals surface area contributed by atoms with Crippen molar-refractivity contribution >= 4 is 11.8 Å². The van der Waals surface area contributed by atoms with Crippen LogP contribution in [0.5, 0.6) is 11.5 Å². The number of rotatable bonds is 5. The van der Waals surface area contributed by atoms with Crippen molar-refractivity contribution in [1.82, 2.24) is 10.6 Å². The predicted octanol–water partition coefficient (Wildman–Crippen LogP) is 2.97. The van der Waals surface area contributed by atoms with Gasteiger partial charge >= 0.3 is 0 Å². The van der Waals surface area contributed by atoms with E-state index in [0.29, 0.717) is 19.0 Å². The molecule has 0 radical (unpaired) electrons. The smallest absolute Gasteiger partial charge is 0.239 e. The van der Waals surface area contributed by atoms with Crippen molar-refractivity contribution in [3.05, 3.63) is 23.8 Å². The van der Waals surface area contributed by atoms with E-state index in [1.165, 1.54) is 19.3 Å². The fourth-order valence-corrected chi connectivity index (χ4v) is 6.44. The number of carbonyl (C=O) groups is 2. The fourth-order valence-electron chi connectivity index (χ4n) is 6.44. The normalized spacial score (nSPS) is 32.5. The molecule has 0 saturated heterocycles. The molecule has 1 aliphatic heterocycles. The van der Waals surface area contributed by atoms with Crippen molar-refractivity contribution in [3.8, 4) is 11.5 Å². The molecule has 2 N–H and O–H groups in total. The first-order chi connectivity index (χ1) is 14.0. The Kier molecular flexibility index (Phi) is 4.67. The monoisotopic (exact) mass is 398 g/mol. The second kappa shape index (κ2) is 7.22. The van der Waals surface area contributed by atoms with Crippen molar-refractivity contribution in [2.45, 2.75) is 51.5 Å². The minimum Gasteiger partial charge on any atom is -0.486 e. The molecule has 1 unspecified atom stereocenters. The zero-order valence-electron chi connectivity index (χ0n) is 17.0. The van der Waals surface area contributed by atoms with Gasteiger partial charge in [0.2, 0.25) is 11.8 Å². The van der Waals surface area contributed by atoms with Gasteiger partial charge in [-0.3, -0.25) is 9.59 Å². The summed E-state index contributed by atoms with van der Waals surface area (Å²) in [5.74, 6) is 3.54. The number of nitrogens with one attached hydrogen (secondary N) is 2. The molecule has 1 aromatic rings. The molecule has 6 heteroatoms. The lowest BCUT2D eigenvalue weighted by molar-refractivity contribution is -0.147. The fraction of sp³-hybridized carbons (Fsp3) is 0.652. The number of fused-ring (bicyclic) bond motifs is 1. The van der Waals surface area contributed by atoms with E-state index in [0.717, 1.165) is 48.3 Å². The molecule has 4 bridgehead atoms. The Morgan fingerprint density at radius 1 is 1.03 bits per heavy atom. The minimum atomic E-state index is -0.212. The Morgan fingerprint density at radius 3 is 2.31 bits per heavy atom. The van der Waals surface area contributed by atoms with Crippen LogP contribution in [0.1, 0.15) is 57.1 Å². The van der Waals surface area contributed by atoms with Crippen LogP contribution in [0, 0.1) is 23.2 Å². The van der Waals surface area contributed by atoms with Crippen LogP contribution in [0.15, 0.2) is 18.2 Å². The summed E-state index contributed by atoms with van der Waals surface area (Å²) in [5.41, 5.74) is 0.742. The summed E-state index contributed by atoms with van der Waals surface area (Å²) < 4.78 is 11.2. The molecule has 4 aliphatic carbocycles. The molecule has 5 aliphatic rings. The number of amides is 2. The van der Waals surface area contributed by atoms with Gasteiger partial charge in [0.25, 0.3) is 0 Å². The van der Waals surface area contributed by atoms with E-state index in [4.69, 9.17) is 9.47 Å². The second-order valence-electron chi connectivity index (χ2n) is 9.57. The maximum Gasteiger partial charge on any atom is 0.239 e. The molecule has 4 fully saturated rings. The zero-order chi connectivity index (χ0) is 20.0. The van der Waals surface area contributed by atoms with Crippen LogP contribution >= 0.6 is 0 Å². The van der Waals surface area contributed by atoms with Crippen molar-refractivity contribution in [1.29, 1.82) is 0 Å². The van der Waals surface area contributed by atoms with Crippen molar-refractivity contribution in [2.75, 3.05) is 19.8 Å². The highest BCUT2D eigenvalue weighted by atomic mass is 16.6. The Hall–Kier alpha value is -2.24. The molecule has 0 spiro atoms. The first-order valence-corrected chi connectivity index (χ1v) is 11.0. The average molecular weight is 399 g/mol. The van der Waals surface area contributed by atoms with Crippen molar-refractivity contribution in [3.63, 3.8) is 0 Å². The maximum atomic E-state index is 13.0. The highest BCUT2D eigenvalue weighted by Crippen LogP contribution is 2.60. The van der Waals surface area contributed by atoms with Crippen LogP contribution in [0.3, 0.4) is 0 Å². The summed E-state index contributed by atoms with van der Waals surface area (Å²) in [4.78, 5) is 25.5. The number of carbonyl (C=O) groups excluding carboxylic acids is 2. The lowest BCUT2D eigenvalue weighted by Gasteiger charge is -2.55. The standard InChI is InChI=1S/C23H30N2O4/c1-14(18-2-3-19-20(9-18)29-5-4-28-19)25-21(26)13-24-22(27)23-10-15-6-16(11-23)8-17(7-15)12-23/h2-3,9,14-17H,4-8,10-13H2,1H3,(H,24,27)(H,25,26). The molecule has 1 aromatic carbocycles. The highest BCUT2D eigenvalue weighted by molar-refractivity contribution is 5.88.